The molecule has 1 amide bonds. The summed E-state index contributed by atoms with van der Waals surface area (Å²) >= 11 is 0.312. The average Bonchev–Trinajstić information content (AvgIpc) is 2.60. The highest BCUT2D eigenvalue weighted by molar-refractivity contribution is 7.99. The van der Waals surface area contributed by atoms with Gasteiger partial charge >= 0.3 is 6.18 Å². The van der Waals surface area contributed by atoms with Crippen LogP contribution in [-0.4, -0.2) is 32.8 Å². The average molecular weight is 440 g/mol. The molecule has 0 fully saturated rings. The summed E-state index contributed by atoms with van der Waals surface area (Å²) in [5.41, 5.74) is -0.0119. The molecule has 0 aliphatic rings. The van der Waals surface area contributed by atoms with Gasteiger partial charge in [0.25, 0.3) is 21.7 Å². The normalized spacial score (nSPS) is 12.1. The van der Waals surface area contributed by atoms with Crippen molar-refractivity contribution in [2.75, 3.05) is 11.3 Å². The highest BCUT2D eigenvalue weighted by Gasteiger charge is 2.28. The van der Waals surface area contributed by atoms with Crippen molar-refractivity contribution in [1.82, 2.24) is 5.32 Å². The number of hydrogen-bond acceptors (Lipinski definition) is 4. The van der Waals surface area contributed by atoms with E-state index in [-0.39, 0.29) is 21.0 Å². The number of thioether (sulfide) groups is 1. The Morgan fingerprint density at radius 2 is 1.57 bits per heavy atom. The number of benzene rings is 2. The van der Waals surface area contributed by atoms with E-state index in [9.17, 15) is 35.2 Å². The van der Waals surface area contributed by atoms with E-state index in [0.29, 0.717) is 11.8 Å². The minimum absolute atomic E-state index is 0.130. The van der Waals surface area contributed by atoms with Gasteiger partial charge in [0.1, 0.15) is 6.54 Å². The molecule has 28 heavy (non-hydrogen) atoms. The summed E-state index contributed by atoms with van der Waals surface area (Å²) in [6.07, 6.45) is -4.56. The van der Waals surface area contributed by atoms with Crippen LogP contribution in [0.25, 0.3) is 0 Å². The number of hydrogen-bond donors (Lipinski definition) is 2. The molecule has 2 aromatic rings. The van der Waals surface area contributed by atoms with Gasteiger partial charge in [-0.05, 0) is 48.5 Å². The van der Waals surface area contributed by atoms with Gasteiger partial charge in [0, 0.05) is 16.1 Å². The lowest BCUT2D eigenvalue weighted by Crippen LogP contribution is -2.33. The number of carbonyl (C=O) groups is 1. The molecule has 0 bridgehead atoms. The lowest BCUT2D eigenvalue weighted by molar-refractivity contribution is -0.123. The predicted octanol–water partition coefficient (Wildman–Crippen LogP) is 4.09. The zero-order valence-electron chi connectivity index (χ0n) is 13.8. The van der Waals surface area contributed by atoms with Crippen LogP contribution in [0.15, 0.2) is 58.3 Å². The monoisotopic (exact) mass is 440 g/mol. The molecule has 0 aromatic heterocycles. The van der Waals surface area contributed by atoms with Crippen LogP contribution >= 0.6 is 11.8 Å². The first-order valence-electron chi connectivity index (χ1n) is 7.49. The number of halogens is 5. The largest absolute Gasteiger partial charge is 0.405 e. The summed E-state index contributed by atoms with van der Waals surface area (Å²) in [5.74, 6) is -3.60. The van der Waals surface area contributed by atoms with E-state index in [1.165, 1.54) is 24.3 Å². The molecule has 0 saturated heterocycles. The number of alkyl halides is 5. The maximum absolute atomic E-state index is 12.3. The third-order valence-corrected chi connectivity index (χ3v) is 5.33. The second-order valence-electron chi connectivity index (χ2n) is 5.33. The smallest absolute Gasteiger partial charge is 0.343 e. The van der Waals surface area contributed by atoms with E-state index in [1.807, 2.05) is 0 Å². The molecular formula is C16H13F5N2O3S2. The first kappa shape index (κ1) is 22.0. The van der Waals surface area contributed by atoms with Crippen LogP contribution in [0.4, 0.5) is 27.6 Å². The number of sulfonamides is 1. The first-order chi connectivity index (χ1) is 13.0. The standard InChI is InChI=1S/C16H13F5N2O3S2/c17-15(18)27-12-5-3-11(4-6-12)23-28(25,26)13-7-1-10(2-8-13)14(24)22-9-16(19,20)21/h1-8,15,23H,9H2,(H,22,24). The Morgan fingerprint density at radius 1 is 1.00 bits per heavy atom. The lowest BCUT2D eigenvalue weighted by atomic mass is 10.2. The van der Waals surface area contributed by atoms with Crippen LogP contribution in [0.5, 0.6) is 0 Å². The van der Waals surface area contributed by atoms with Crippen molar-refractivity contribution in [2.24, 2.45) is 0 Å². The van der Waals surface area contributed by atoms with E-state index >= 15 is 0 Å². The number of anilines is 1. The minimum Gasteiger partial charge on any atom is -0.343 e. The lowest BCUT2D eigenvalue weighted by Gasteiger charge is -2.10. The Labute approximate surface area is 161 Å². The van der Waals surface area contributed by atoms with Crippen LogP contribution in [-0.2, 0) is 10.0 Å². The van der Waals surface area contributed by atoms with Crippen molar-refractivity contribution in [2.45, 2.75) is 21.7 Å². The second kappa shape index (κ2) is 8.78. The summed E-state index contributed by atoms with van der Waals surface area (Å²) in [5, 5.41) is 1.67. The Morgan fingerprint density at radius 3 is 2.07 bits per heavy atom. The van der Waals surface area contributed by atoms with Crippen molar-refractivity contribution in [1.29, 1.82) is 0 Å². The van der Waals surface area contributed by atoms with Crippen LogP contribution in [0, 0.1) is 0 Å². The molecule has 152 valence electrons. The van der Waals surface area contributed by atoms with Crippen molar-refractivity contribution in [3.63, 3.8) is 0 Å². The summed E-state index contributed by atoms with van der Waals surface area (Å²) in [6, 6.07) is 9.52. The van der Waals surface area contributed by atoms with Gasteiger partial charge in [-0.15, -0.1) is 0 Å². The van der Waals surface area contributed by atoms with Gasteiger partial charge in [-0.2, -0.15) is 22.0 Å². The predicted molar refractivity (Wildman–Crippen MR) is 93.9 cm³/mol. The fraction of sp³-hybridized carbons (Fsp3) is 0.188. The van der Waals surface area contributed by atoms with E-state index < -0.39 is 34.4 Å². The summed E-state index contributed by atoms with van der Waals surface area (Å²) in [7, 11) is -4.04. The van der Waals surface area contributed by atoms with E-state index in [1.54, 1.807) is 5.32 Å². The highest BCUT2D eigenvalue weighted by Crippen LogP contribution is 2.27. The topological polar surface area (TPSA) is 75.3 Å². The van der Waals surface area contributed by atoms with Crippen molar-refractivity contribution in [3.8, 4) is 0 Å². The highest BCUT2D eigenvalue weighted by atomic mass is 32.2. The SMILES string of the molecule is O=C(NCC(F)(F)F)c1ccc(S(=O)(=O)Nc2ccc(SC(F)F)cc2)cc1. The van der Waals surface area contributed by atoms with Gasteiger partial charge in [-0.1, -0.05) is 11.8 Å². The van der Waals surface area contributed by atoms with Gasteiger partial charge in [-0.3, -0.25) is 9.52 Å². The maximum Gasteiger partial charge on any atom is 0.405 e. The van der Waals surface area contributed by atoms with Crippen LogP contribution in [0.3, 0.4) is 0 Å². The Bertz CT molecular complexity index is 915. The van der Waals surface area contributed by atoms with Gasteiger partial charge in [0.05, 0.1) is 4.90 Å². The van der Waals surface area contributed by atoms with Crippen molar-refractivity contribution < 1.29 is 35.2 Å². The number of nitrogens with one attached hydrogen (secondary N) is 2. The molecule has 0 atom stereocenters. The quantitative estimate of drug-likeness (QED) is 0.502. The van der Waals surface area contributed by atoms with E-state index in [4.69, 9.17) is 0 Å². The fourth-order valence-corrected chi connectivity index (χ4v) is 3.54. The molecule has 2 N–H and O–H groups in total. The fourth-order valence-electron chi connectivity index (χ4n) is 1.99. The number of amides is 1. The minimum atomic E-state index is -4.56. The molecule has 0 unspecified atom stereocenters. The third-order valence-electron chi connectivity index (χ3n) is 3.21. The van der Waals surface area contributed by atoms with Crippen LogP contribution in [0.1, 0.15) is 10.4 Å². The van der Waals surface area contributed by atoms with E-state index in [0.717, 1.165) is 24.3 Å². The van der Waals surface area contributed by atoms with Crippen molar-refractivity contribution in [3.05, 3.63) is 54.1 Å². The molecule has 12 heteroatoms. The van der Waals surface area contributed by atoms with Gasteiger partial charge < -0.3 is 5.32 Å². The van der Waals surface area contributed by atoms with E-state index in [2.05, 4.69) is 4.72 Å². The Balaban J connectivity index is 2.06. The molecule has 0 heterocycles. The molecule has 0 saturated carbocycles. The zero-order chi connectivity index (χ0) is 20.9. The molecule has 0 radical (unpaired) electrons. The molecule has 2 aromatic carbocycles. The van der Waals surface area contributed by atoms with Gasteiger partial charge in [-0.25, -0.2) is 8.42 Å². The molecule has 5 nitrogen and oxygen atoms in total. The van der Waals surface area contributed by atoms with Crippen LogP contribution in [0.2, 0.25) is 0 Å². The first-order valence-corrected chi connectivity index (χ1v) is 9.85. The molecular weight excluding hydrogens is 427 g/mol. The molecule has 2 rings (SSSR count). The third kappa shape index (κ3) is 6.68. The van der Waals surface area contributed by atoms with Crippen LogP contribution < -0.4 is 10.0 Å². The maximum atomic E-state index is 12.3. The van der Waals surface area contributed by atoms with Gasteiger partial charge in [0.15, 0.2) is 0 Å². The molecule has 0 aliphatic carbocycles. The Kier molecular flexibility index (Phi) is 6.88. The summed E-state index contributed by atoms with van der Waals surface area (Å²) < 4.78 is 87.7. The number of rotatable bonds is 7. The number of carbonyl (C=O) groups excluding carboxylic acids is 1. The summed E-state index contributed by atoms with van der Waals surface area (Å²) in [6.45, 7) is -1.51. The van der Waals surface area contributed by atoms with Gasteiger partial charge in [0.2, 0.25) is 0 Å². The second-order valence-corrected chi connectivity index (χ2v) is 8.08. The molecule has 0 spiro atoms. The molecule has 0 aliphatic heterocycles. The summed E-state index contributed by atoms with van der Waals surface area (Å²) in [4.78, 5) is 11.6. The zero-order valence-corrected chi connectivity index (χ0v) is 15.5. The Hall–Kier alpha value is -2.34. The van der Waals surface area contributed by atoms with Crippen molar-refractivity contribution >= 4 is 33.4 Å².